The molecule has 19 amide bonds. The molecule has 0 saturated heterocycles. The van der Waals surface area contributed by atoms with Crippen molar-refractivity contribution in [2.45, 2.75) is 263 Å². The lowest BCUT2D eigenvalue weighted by molar-refractivity contribution is -0.144. The number of carbonyl (C=O) groups excluding carboxylic acids is 19. The Hall–Kier alpha value is -14.3. The predicted octanol–water partition coefficient (Wildman–Crippen LogP) is -7.60. The average molecular weight is 1960 g/mol. The van der Waals surface area contributed by atoms with E-state index in [-0.39, 0.29) is 37.0 Å². The van der Waals surface area contributed by atoms with Crippen LogP contribution in [0.5, 0.6) is 5.75 Å². The van der Waals surface area contributed by atoms with Gasteiger partial charge in [-0.1, -0.05) is 129 Å². The Morgan fingerprint density at radius 3 is 1.28 bits per heavy atom. The van der Waals surface area contributed by atoms with Gasteiger partial charge in [-0.2, -0.15) is 0 Å². The molecule has 0 unspecified atom stereocenters. The van der Waals surface area contributed by atoms with Gasteiger partial charge in [0.1, 0.15) is 90.3 Å². The Morgan fingerprint density at radius 2 is 0.777 bits per heavy atom. The molecule has 0 aliphatic carbocycles. The van der Waals surface area contributed by atoms with Crippen molar-refractivity contribution in [3.05, 3.63) is 102 Å². The third-order valence-corrected chi connectivity index (χ3v) is 22.3. The number of aliphatic carboxylic acids is 2. The number of hydrogen-bond acceptors (Lipinski definition) is 27. The van der Waals surface area contributed by atoms with Gasteiger partial charge < -0.3 is 148 Å². The van der Waals surface area contributed by atoms with Crippen molar-refractivity contribution < 1.29 is 136 Å². The molecule has 4 rings (SSSR count). The lowest BCUT2D eigenvalue weighted by Crippen LogP contribution is -2.62. The molecule has 0 radical (unpaired) electrons. The number of rotatable bonds is 60. The molecular weight excluding hydrogens is 1820 g/mol. The van der Waals surface area contributed by atoms with E-state index in [1.807, 2.05) is 0 Å². The first kappa shape index (κ1) is 117. The molecule has 20 atom stereocenters. The number of aromatic hydroxyl groups is 1. The van der Waals surface area contributed by atoms with E-state index in [9.17, 15) is 127 Å². The number of carbonyl (C=O) groups is 21. The first-order valence-corrected chi connectivity index (χ1v) is 45.1. The van der Waals surface area contributed by atoms with E-state index in [1.54, 1.807) is 110 Å². The van der Waals surface area contributed by atoms with E-state index in [0.717, 1.165) is 20.8 Å². The monoisotopic (exact) mass is 1960 g/mol. The van der Waals surface area contributed by atoms with E-state index in [1.165, 1.54) is 37.4 Å². The molecule has 3 aromatic carbocycles. The van der Waals surface area contributed by atoms with Crippen molar-refractivity contribution in [2.24, 2.45) is 40.9 Å². The summed E-state index contributed by atoms with van der Waals surface area (Å²) in [6, 6.07) is -4.92. The number of H-pyrrole nitrogens is 1. The van der Waals surface area contributed by atoms with Gasteiger partial charge >= 0.3 is 11.9 Å². The number of aliphatic hydroxyl groups excluding tert-OH is 4. The van der Waals surface area contributed by atoms with E-state index in [0.29, 0.717) is 28.5 Å². The number of amides is 19. The van der Waals surface area contributed by atoms with Crippen molar-refractivity contribution in [1.82, 2.24) is 95.4 Å². The molecular formula is C90H133N21O28. The van der Waals surface area contributed by atoms with Gasteiger partial charge in [-0.15, -0.1) is 0 Å². The van der Waals surface area contributed by atoms with Crippen LogP contribution in [0.4, 0.5) is 0 Å². The number of fused-ring (bicyclic) bond motifs is 1. The summed E-state index contributed by atoms with van der Waals surface area (Å²) in [7, 11) is 0. The minimum atomic E-state index is -2.07. The minimum absolute atomic E-state index is 0.207. The smallest absolute Gasteiger partial charge is 0.326 e. The van der Waals surface area contributed by atoms with E-state index >= 15 is 4.79 Å². The number of para-hydroxylation sites is 1. The SMILES string of the molecule is CC[C@H](C)[C@H](NC(=O)CNC(=O)[C@H](C)NC(=O)[C@@H](N)CCC(=O)O)C(=O)N[C@H](C(=O)NCC(=O)N[C@H](C(=O)N[C@@H](Cc1c[nH]c2ccccc12)C(=O)N[C@@H](Cc1ccc(O)cc1)C(=O)N[C@@H](CC(N)=O)C(=O)N[C@@H](CCC(N)=O)C(=O)N[C@@H](CC(C)C)C(=O)NCC(=O)N[C@@H](CO)C(=O)N[C@H](C(=O)N[C@@H](Cc1ccccc1)C(=O)N[C@H](C(=O)N[C@H](C(=O)O)C(C)C)[C@@H](C)CC)[C@@H](C)O)[C@@H](C)O)[C@@H](C)O. The van der Waals surface area contributed by atoms with Crippen LogP contribution in [0.2, 0.25) is 0 Å². The summed E-state index contributed by atoms with van der Waals surface area (Å²) in [5.41, 5.74) is 18.5. The maximum atomic E-state index is 15.1. The van der Waals surface area contributed by atoms with Crippen LogP contribution in [-0.4, -0.2) is 300 Å². The highest BCUT2D eigenvalue weighted by Gasteiger charge is 2.41. The van der Waals surface area contributed by atoms with Crippen molar-refractivity contribution in [3.8, 4) is 5.75 Å². The second kappa shape index (κ2) is 57.6. The molecule has 49 heteroatoms. The lowest BCUT2D eigenvalue weighted by atomic mass is 9.95. The number of aromatic amines is 1. The Morgan fingerprint density at radius 1 is 0.374 bits per heavy atom. The number of primary amides is 2. The second-order valence-electron chi connectivity index (χ2n) is 34.6. The number of phenolic OH excluding ortho intramolecular Hbond substituents is 1. The molecule has 139 heavy (non-hydrogen) atoms. The number of aromatic nitrogens is 1. The number of carboxylic acid groups (broad SMARTS) is 2. The first-order valence-electron chi connectivity index (χ1n) is 45.1. The Balaban J connectivity index is 1.56. The maximum absolute atomic E-state index is 15.1. The van der Waals surface area contributed by atoms with Crippen molar-refractivity contribution in [3.63, 3.8) is 0 Å². The normalized spacial score (nSPS) is 15.5. The first-order chi connectivity index (χ1) is 65.3. The highest BCUT2D eigenvalue weighted by atomic mass is 16.4. The summed E-state index contributed by atoms with van der Waals surface area (Å²) in [4.78, 5) is 288. The fraction of sp³-hybridized carbons (Fsp3) is 0.544. The third kappa shape index (κ3) is 39.7. The zero-order valence-electron chi connectivity index (χ0n) is 79.3. The number of hydrogen-bond donors (Lipinski definition) is 28. The molecule has 0 spiro atoms. The van der Waals surface area contributed by atoms with Gasteiger partial charge in [0, 0.05) is 49.2 Å². The summed E-state index contributed by atoms with van der Waals surface area (Å²) < 4.78 is 0. The van der Waals surface area contributed by atoms with Crippen molar-refractivity contribution in [1.29, 1.82) is 0 Å². The predicted molar refractivity (Wildman–Crippen MR) is 496 cm³/mol. The van der Waals surface area contributed by atoms with Gasteiger partial charge in [0.25, 0.3) is 0 Å². The summed E-state index contributed by atoms with van der Waals surface area (Å²) in [6.07, 6.45) is -7.50. The fourth-order valence-corrected chi connectivity index (χ4v) is 13.8. The molecule has 1 heterocycles. The number of benzene rings is 3. The van der Waals surface area contributed by atoms with E-state index in [2.05, 4.69) is 95.4 Å². The Bertz CT molecular complexity index is 4940. The van der Waals surface area contributed by atoms with E-state index in [4.69, 9.17) is 22.3 Å². The number of nitrogens with one attached hydrogen (secondary N) is 18. The molecule has 4 aromatic rings. The number of phenols is 1. The largest absolute Gasteiger partial charge is 0.508 e. The van der Waals surface area contributed by atoms with Gasteiger partial charge in [-0.25, -0.2) is 4.79 Å². The minimum Gasteiger partial charge on any atom is -0.508 e. The lowest BCUT2D eigenvalue weighted by Gasteiger charge is -2.29. The van der Waals surface area contributed by atoms with Crippen LogP contribution < -0.4 is 108 Å². The highest BCUT2D eigenvalue weighted by Crippen LogP contribution is 2.22. The second-order valence-corrected chi connectivity index (χ2v) is 34.6. The van der Waals surface area contributed by atoms with Crippen LogP contribution in [0.3, 0.4) is 0 Å². The van der Waals surface area contributed by atoms with Crippen LogP contribution in [0.1, 0.15) is 151 Å². The van der Waals surface area contributed by atoms with Crippen LogP contribution >= 0.6 is 0 Å². The van der Waals surface area contributed by atoms with Gasteiger partial charge in [-0.3, -0.25) is 95.9 Å². The summed E-state index contributed by atoms with van der Waals surface area (Å²) in [6.45, 7) is 13.6. The molecule has 0 aliphatic heterocycles. The average Bonchev–Trinajstić information content (AvgIpc) is 1.72. The van der Waals surface area contributed by atoms with Crippen LogP contribution in [0.25, 0.3) is 10.9 Å². The molecule has 0 fully saturated rings. The van der Waals surface area contributed by atoms with Crippen molar-refractivity contribution >= 4 is 135 Å². The van der Waals surface area contributed by atoms with E-state index < -0.39 is 322 Å². The molecule has 0 saturated carbocycles. The van der Waals surface area contributed by atoms with Crippen molar-refractivity contribution in [2.75, 3.05) is 26.2 Å². The zero-order chi connectivity index (χ0) is 105. The quantitative estimate of drug-likeness (QED) is 0.0195. The van der Waals surface area contributed by atoms with Gasteiger partial charge in [-0.05, 0) is 106 Å². The van der Waals surface area contributed by atoms with Gasteiger partial charge in [0.2, 0.25) is 112 Å². The van der Waals surface area contributed by atoms with Crippen LogP contribution in [0.15, 0.2) is 85.1 Å². The molecule has 49 nitrogen and oxygen atoms in total. The Labute approximate surface area is 800 Å². The van der Waals surface area contributed by atoms with Gasteiger partial charge in [0.15, 0.2) is 0 Å². The zero-order valence-corrected chi connectivity index (χ0v) is 79.3. The number of nitrogens with two attached hydrogens (primary N) is 3. The standard InChI is InChI=1S/C90H133N21O28/c1-13-44(7)71(106-67(120)39-95-76(124)46(9)98-77(125)55(91)28-31-69(122)123)86(134)111-73(47(10)113)85(133)97-40-68(121)107-74(48(11)114)88(136)105-61(35-52-37-94-56-23-19-18-22-54(52)56)81(129)102-59(34-51-24-26-53(116)27-25-51)80(128)103-62(36-65(93)118)82(130)100-57(29-30-64(92)117)79(127)101-58(32-42(3)4)78(126)96-38-66(119)99-63(41-112)84(132)110-75(49(12)115)89(137)104-60(33-50-20-16-15-17-21-50)83(131)109-72(45(8)14-2)87(135)108-70(43(5)6)90(138)139/h15-27,37,42-49,55,57-63,70-75,94,112-116H,13-14,28-36,38-41,91H2,1-12H3,(H2,92,117)(H2,93,118)(H,95,124)(H,96,126)(H,97,133)(H,98,125)(H,99,119)(H,100,130)(H,101,127)(H,102,129)(H,103,128)(H,104,137)(H,105,136)(H,106,120)(H,107,121)(H,108,135)(H,109,131)(H,110,132)(H,111,134)(H,122,123)(H,138,139)/t44-,45-,46-,47+,48+,49+,55-,57-,58-,59-,60-,61-,62-,63-,70-,71-,72-,73-,74-,75-/m0/s1. The molecule has 31 N–H and O–H groups in total. The summed E-state index contributed by atoms with van der Waals surface area (Å²) >= 11 is 0. The molecule has 1 aromatic heterocycles. The molecule has 0 aliphatic rings. The summed E-state index contributed by atoms with van der Waals surface area (Å²) in [5, 5.41) is 113. The highest BCUT2D eigenvalue weighted by molar-refractivity contribution is 6.02. The third-order valence-electron chi connectivity index (χ3n) is 22.3. The van der Waals surface area contributed by atoms with Gasteiger partial charge in [0.05, 0.1) is 57.0 Å². The maximum Gasteiger partial charge on any atom is 0.326 e. The molecule has 0 bridgehead atoms. The topological polar surface area (TPSA) is 798 Å². The molecule has 766 valence electrons. The fourth-order valence-electron chi connectivity index (χ4n) is 13.8. The Kier molecular flexibility index (Phi) is 48.5. The van der Waals surface area contributed by atoms with Crippen LogP contribution in [-0.2, 0) is 120 Å². The number of aliphatic hydroxyl groups is 4. The van der Waals surface area contributed by atoms with Crippen LogP contribution in [0, 0.1) is 23.7 Å². The summed E-state index contributed by atoms with van der Waals surface area (Å²) in [5.74, 6) is -25.9. The number of carboxylic acids is 2.